The Morgan fingerprint density at radius 2 is 1.88 bits per heavy atom. The van der Waals surface area contributed by atoms with Gasteiger partial charge in [0.05, 0.1) is 10.4 Å². The standard InChI is InChI=1S/C30H30ClN7O2/c1-18-8-10-19(11-9-18)17-38-24-23(20-14-22(31)16-32-15-20)33-26(27-36-37-29(39)40-27)34-25(24)35-28(38)30(12-5-13-30)21-6-3-2-4-7-21/h2-4,6-7,14-16,18-19H,5,8-13,17H2,1H3,(H,37,39). The number of nitrogens with one attached hydrogen (secondary N) is 1. The number of hydrogen-bond acceptors (Lipinski definition) is 7. The predicted molar refractivity (Wildman–Crippen MR) is 152 cm³/mol. The Morgan fingerprint density at radius 3 is 2.55 bits per heavy atom. The van der Waals surface area contributed by atoms with E-state index in [4.69, 9.17) is 31.0 Å². The fourth-order valence-corrected chi connectivity index (χ4v) is 6.62. The number of imidazole rings is 1. The van der Waals surface area contributed by atoms with Crippen LogP contribution in [0, 0.1) is 11.8 Å². The van der Waals surface area contributed by atoms with Crippen LogP contribution in [0.15, 0.2) is 58.0 Å². The van der Waals surface area contributed by atoms with Gasteiger partial charge < -0.3 is 8.98 Å². The Bertz CT molecular complexity index is 1730. The number of benzene rings is 1. The highest BCUT2D eigenvalue weighted by Crippen LogP contribution is 2.50. The maximum Gasteiger partial charge on any atom is 0.434 e. The highest BCUT2D eigenvalue weighted by molar-refractivity contribution is 6.30. The first-order valence-electron chi connectivity index (χ1n) is 14.0. The average Bonchev–Trinajstić information content (AvgIpc) is 3.53. The molecule has 10 heteroatoms. The maximum absolute atomic E-state index is 11.8. The van der Waals surface area contributed by atoms with Crippen LogP contribution in [0.2, 0.25) is 5.02 Å². The Kier molecular flexibility index (Phi) is 6.26. The lowest BCUT2D eigenvalue weighted by Crippen LogP contribution is -2.39. The second-order valence-corrected chi connectivity index (χ2v) is 11.8. The van der Waals surface area contributed by atoms with E-state index < -0.39 is 5.76 Å². The zero-order valence-corrected chi connectivity index (χ0v) is 23.1. The maximum atomic E-state index is 11.8. The summed E-state index contributed by atoms with van der Waals surface area (Å²) in [5, 5.41) is 6.81. The third-order valence-corrected chi connectivity index (χ3v) is 8.96. The zero-order valence-electron chi connectivity index (χ0n) is 22.3. The average molecular weight is 556 g/mol. The molecule has 1 aromatic carbocycles. The Labute approximate surface area is 236 Å². The first-order valence-corrected chi connectivity index (χ1v) is 14.4. The van der Waals surface area contributed by atoms with Crippen LogP contribution < -0.4 is 5.76 Å². The van der Waals surface area contributed by atoms with Crippen LogP contribution in [0.5, 0.6) is 0 Å². The largest absolute Gasteiger partial charge is 0.434 e. The van der Waals surface area contributed by atoms with E-state index in [1.165, 1.54) is 31.2 Å². The molecule has 204 valence electrons. The summed E-state index contributed by atoms with van der Waals surface area (Å²) in [5.74, 6) is 1.85. The van der Waals surface area contributed by atoms with Gasteiger partial charge in [-0.25, -0.2) is 24.8 Å². The first kappa shape index (κ1) is 25.1. The number of fused-ring (bicyclic) bond motifs is 1. The van der Waals surface area contributed by atoms with Crippen LogP contribution >= 0.6 is 11.6 Å². The molecule has 0 saturated heterocycles. The second kappa shape index (κ2) is 9.96. The van der Waals surface area contributed by atoms with Crippen LogP contribution in [0.1, 0.15) is 63.3 Å². The van der Waals surface area contributed by atoms with Gasteiger partial charge in [0, 0.05) is 24.5 Å². The van der Waals surface area contributed by atoms with E-state index in [0.29, 0.717) is 22.3 Å². The molecule has 1 N–H and O–H groups in total. The van der Waals surface area contributed by atoms with E-state index in [1.54, 1.807) is 12.4 Å². The molecule has 0 radical (unpaired) electrons. The molecule has 0 unspecified atom stereocenters. The van der Waals surface area contributed by atoms with Crippen LogP contribution in [0.3, 0.4) is 0 Å². The second-order valence-electron chi connectivity index (χ2n) is 11.4. The van der Waals surface area contributed by atoms with Crippen molar-refractivity contribution in [2.24, 2.45) is 11.8 Å². The molecule has 2 aliphatic rings. The number of nitrogens with zero attached hydrogens (tertiary/aromatic N) is 6. The number of aromatic amines is 1. The molecular formula is C30H30ClN7O2. The molecule has 0 atom stereocenters. The number of hydrogen-bond donors (Lipinski definition) is 1. The molecule has 2 fully saturated rings. The molecule has 0 amide bonds. The van der Waals surface area contributed by atoms with E-state index in [9.17, 15) is 4.79 Å². The van der Waals surface area contributed by atoms with Gasteiger partial charge in [-0.2, -0.15) is 0 Å². The molecule has 5 aromatic rings. The normalized spacial score (nSPS) is 20.4. The lowest BCUT2D eigenvalue weighted by Gasteiger charge is -2.42. The molecule has 4 aromatic heterocycles. The Hall–Kier alpha value is -3.85. The van der Waals surface area contributed by atoms with Crippen LogP contribution in [-0.4, -0.2) is 34.7 Å². The van der Waals surface area contributed by atoms with Gasteiger partial charge in [0.15, 0.2) is 5.65 Å². The minimum Gasteiger partial charge on any atom is -0.384 e. The summed E-state index contributed by atoms with van der Waals surface area (Å²) in [5.41, 5.74) is 3.85. The van der Waals surface area contributed by atoms with E-state index in [1.807, 2.05) is 6.07 Å². The summed E-state index contributed by atoms with van der Waals surface area (Å²) >= 11 is 6.40. The van der Waals surface area contributed by atoms with E-state index >= 15 is 0 Å². The summed E-state index contributed by atoms with van der Waals surface area (Å²) in [6.07, 6.45) is 11.4. The van der Waals surface area contributed by atoms with Crippen molar-refractivity contribution in [2.45, 2.75) is 63.8 Å². The van der Waals surface area contributed by atoms with Crippen LogP contribution in [0.4, 0.5) is 0 Å². The zero-order chi connectivity index (χ0) is 27.3. The van der Waals surface area contributed by atoms with Crippen molar-refractivity contribution in [3.05, 3.63) is 75.8 Å². The number of rotatable bonds is 6. The van der Waals surface area contributed by atoms with E-state index in [-0.39, 0.29) is 17.1 Å². The highest BCUT2D eigenvalue weighted by atomic mass is 35.5. The quantitative estimate of drug-likeness (QED) is 0.266. The topological polar surface area (TPSA) is 115 Å². The lowest BCUT2D eigenvalue weighted by molar-refractivity contribution is 0.242. The number of halogens is 1. The molecule has 40 heavy (non-hydrogen) atoms. The summed E-state index contributed by atoms with van der Waals surface area (Å²) in [6.45, 7) is 3.19. The fraction of sp³-hybridized carbons (Fsp3) is 0.400. The molecule has 7 rings (SSSR count). The van der Waals surface area contributed by atoms with Crippen LogP contribution in [0.25, 0.3) is 34.1 Å². The summed E-state index contributed by atoms with van der Waals surface area (Å²) in [6, 6.07) is 12.5. The van der Waals surface area contributed by atoms with Gasteiger partial charge >= 0.3 is 5.76 Å². The third-order valence-electron chi connectivity index (χ3n) is 8.75. The minimum absolute atomic E-state index is 0.0157. The summed E-state index contributed by atoms with van der Waals surface area (Å²) in [7, 11) is 0. The Balaban J connectivity index is 1.50. The van der Waals surface area contributed by atoms with Crippen molar-refractivity contribution in [3.63, 3.8) is 0 Å². The van der Waals surface area contributed by atoms with Gasteiger partial charge in [0.1, 0.15) is 17.0 Å². The molecule has 0 spiro atoms. The van der Waals surface area contributed by atoms with Gasteiger partial charge in [-0.05, 0) is 49.1 Å². The third kappa shape index (κ3) is 4.33. The monoisotopic (exact) mass is 555 g/mol. The summed E-state index contributed by atoms with van der Waals surface area (Å²) < 4.78 is 7.62. The molecule has 9 nitrogen and oxygen atoms in total. The molecule has 2 saturated carbocycles. The Morgan fingerprint density at radius 1 is 1.07 bits per heavy atom. The van der Waals surface area contributed by atoms with Crippen molar-refractivity contribution in [1.29, 1.82) is 0 Å². The van der Waals surface area contributed by atoms with Gasteiger partial charge in [0.2, 0.25) is 5.82 Å². The molecule has 0 aliphatic heterocycles. The van der Waals surface area contributed by atoms with Crippen molar-refractivity contribution in [3.8, 4) is 23.0 Å². The van der Waals surface area contributed by atoms with Gasteiger partial charge in [-0.1, -0.05) is 68.1 Å². The highest BCUT2D eigenvalue weighted by Gasteiger charge is 2.45. The predicted octanol–water partition coefficient (Wildman–Crippen LogP) is 6.18. The van der Waals surface area contributed by atoms with Crippen molar-refractivity contribution in [2.75, 3.05) is 0 Å². The smallest absolute Gasteiger partial charge is 0.384 e. The van der Waals surface area contributed by atoms with Crippen molar-refractivity contribution in [1.82, 2.24) is 34.7 Å². The first-order chi connectivity index (χ1) is 19.5. The molecular weight excluding hydrogens is 526 g/mol. The van der Waals surface area contributed by atoms with Gasteiger partial charge in [-0.3, -0.25) is 4.98 Å². The lowest BCUT2D eigenvalue weighted by atomic mass is 9.63. The minimum atomic E-state index is -0.667. The van der Waals surface area contributed by atoms with Gasteiger partial charge in [0.25, 0.3) is 5.89 Å². The molecule has 2 aliphatic carbocycles. The SMILES string of the molecule is CC1CCC(Cn2c(C3(c4ccccc4)CCC3)nc3nc(-c4n[nH]c(=O)o4)nc(-c4cncc(Cl)c4)c32)CC1. The van der Waals surface area contributed by atoms with Crippen molar-refractivity contribution < 1.29 is 4.42 Å². The van der Waals surface area contributed by atoms with E-state index in [0.717, 1.165) is 48.6 Å². The fourth-order valence-electron chi connectivity index (χ4n) is 6.44. The summed E-state index contributed by atoms with van der Waals surface area (Å²) in [4.78, 5) is 31.1. The van der Waals surface area contributed by atoms with E-state index in [2.05, 4.69) is 57.0 Å². The van der Waals surface area contributed by atoms with Crippen LogP contribution in [-0.2, 0) is 12.0 Å². The van der Waals surface area contributed by atoms with Gasteiger partial charge in [-0.15, -0.1) is 5.10 Å². The molecule has 4 heterocycles. The van der Waals surface area contributed by atoms with Crippen molar-refractivity contribution >= 4 is 22.8 Å². The number of pyridine rings is 1. The number of aromatic nitrogens is 7. The number of H-pyrrole nitrogens is 1. The molecule has 0 bridgehead atoms.